The van der Waals surface area contributed by atoms with E-state index in [4.69, 9.17) is 0 Å². The molecule has 120 valence electrons. The van der Waals surface area contributed by atoms with Crippen molar-refractivity contribution < 1.29 is 19.8 Å². The lowest BCUT2D eigenvalue weighted by molar-refractivity contribution is -0.142. The molecule has 1 aliphatic carbocycles. The van der Waals surface area contributed by atoms with E-state index < -0.39 is 17.6 Å². The van der Waals surface area contributed by atoms with Crippen LogP contribution in [0.4, 0.5) is 4.79 Å². The normalized spacial score (nSPS) is 28.6. The summed E-state index contributed by atoms with van der Waals surface area (Å²) in [5.74, 6) is -0.500. The van der Waals surface area contributed by atoms with Crippen LogP contribution in [0.1, 0.15) is 40.0 Å². The maximum Gasteiger partial charge on any atom is 0.326 e. The molecule has 0 aromatic heterocycles. The molecule has 0 aromatic carbocycles. The fourth-order valence-electron chi connectivity index (χ4n) is 3.78. The lowest BCUT2D eigenvalue weighted by Gasteiger charge is -2.34. The zero-order valence-electron chi connectivity index (χ0n) is 13.1. The summed E-state index contributed by atoms with van der Waals surface area (Å²) in [5.41, 5.74) is -0.986. The molecule has 2 aliphatic rings. The number of likely N-dealkylation sites (N-methyl/N-ethyl adjacent to an activating group) is 1. The molecule has 2 fully saturated rings. The van der Waals surface area contributed by atoms with Crippen LogP contribution in [0, 0.1) is 11.8 Å². The number of aliphatic hydroxyl groups is 1. The molecule has 3 unspecified atom stereocenters. The lowest BCUT2D eigenvalue weighted by Crippen LogP contribution is -2.52. The van der Waals surface area contributed by atoms with Crippen LogP contribution in [0.15, 0.2) is 0 Å². The third-order valence-electron chi connectivity index (χ3n) is 4.62. The number of carbonyl (C=O) groups excluding carboxylic acids is 1. The van der Waals surface area contributed by atoms with Gasteiger partial charge in [-0.25, -0.2) is 9.59 Å². The average molecular weight is 298 g/mol. The quantitative estimate of drug-likeness (QED) is 0.821. The highest BCUT2D eigenvalue weighted by Gasteiger charge is 2.50. The van der Waals surface area contributed by atoms with Crippen molar-refractivity contribution in [3.63, 3.8) is 0 Å². The number of hydrogen-bond donors (Lipinski definition) is 2. The van der Waals surface area contributed by atoms with Crippen LogP contribution in [-0.4, -0.2) is 63.3 Å². The molecule has 0 aromatic rings. The number of carboxylic acids is 1. The van der Waals surface area contributed by atoms with Crippen LogP contribution in [0.2, 0.25) is 0 Å². The first kappa shape index (κ1) is 16.1. The van der Waals surface area contributed by atoms with Crippen molar-refractivity contribution >= 4 is 12.0 Å². The number of likely N-dealkylation sites (tertiary alicyclic amines) is 1. The van der Waals surface area contributed by atoms with Crippen molar-refractivity contribution in [3.05, 3.63) is 0 Å². The Hall–Kier alpha value is -1.30. The van der Waals surface area contributed by atoms with Crippen molar-refractivity contribution in [1.82, 2.24) is 9.80 Å². The van der Waals surface area contributed by atoms with Gasteiger partial charge in [-0.3, -0.25) is 0 Å². The molecule has 2 rings (SSSR count). The SMILES string of the molecule is CCN(CC(C)(C)O)C(=O)N1CC2CCCC2C1C(=O)O. The molecule has 3 atom stereocenters. The van der Waals surface area contributed by atoms with Crippen LogP contribution >= 0.6 is 0 Å². The molecule has 6 nitrogen and oxygen atoms in total. The Morgan fingerprint density at radius 1 is 1.33 bits per heavy atom. The van der Waals surface area contributed by atoms with Gasteiger partial charge in [-0.05, 0) is 45.4 Å². The predicted octanol–water partition coefficient (Wildman–Crippen LogP) is 1.38. The maximum atomic E-state index is 12.7. The van der Waals surface area contributed by atoms with Gasteiger partial charge in [-0.2, -0.15) is 0 Å². The number of urea groups is 1. The summed E-state index contributed by atoms with van der Waals surface area (Å²) in [5, 5.41) is 19.4. The molecule has 1 aliphatic heterocycles. The van der Waals surface area contributed by atoms with Gasteiger partial charge in [0.05, 0.1) is 12.1 Å². The first-order valence-corrected chi connectivity index (χ1v) is 7.75. The molecule has 0 radical (unpaired) electrons. The fourth-order valence-corrected chi connectivity index (χ4v) is 3.78. The summed E-state index contributed by atoms with van der Waals surface area (Å²) >= 11 is 0. The summed E-state index contributed by atoms with van der Waals surface area (Å²) in [6.07, 6.45) is 2.96. The molecule has 0 spiro atoms. The van der Waals surface area contributed by atoms with Gasteiger partial charge in [0.2, 0.25) is 0 Å². The third kappa shape index (κ3) is 3.31. The fraction of sp³-hybridized carbons (Fsp3) is 0.867. The van der Waals surface area contributed by atoms with E-state index in [-0.39, 0.29) is 18.5 Å². The predicted molar refractivity (Wildman–Crippen MR) is 77.9 cm³/mol. The molecule has 0 bridgehead atoms. The minimum atomic E-state index is -0.986. The Balaban J connectivity index is 2.15. The minimum Gasteiger partial charge on any atom is -0.480 e. The molecular formula is C15H26N2O4. The Labute approximate surface area is 125 Å². The van der Waals surface area contributed by atoms with E-state index in [9.17, 15) is 19.8 Å². The van der Waals surface area contributed by atoms with E-state index in [1.807, 2.05) is 6.92 Å². The molecule has 21 heavy (non-hydrogen) atoms. The smallest absolute Gasteiger partial charge is 0.326 e. The highest BCUT2D eigenvalue weighted by molar-refractivity contribution is 5.84. The van der Waals surface area contributed by atoms with Crippen LogP contribution in [-0.2, 0) is 4.79 Å². The largest absolute Gasteiger partial charge is 0.480 e. The van der Waals surface area contributed by atoms with Gasteiger partial charge in [0.15, 0.2) is 0 Å². The van der Waals surface area contributed by atoms with Gasteiger partial charge >= 0.3 is 12.0 Å². The van der Waals surface area contributed by atoms with Crippen molar-refractivity contribution in [3.8, 4) is 0 Å². The van der Waals surface area contributed by atoms with Gasteiger partial charge in [-0.1, -0.05) is 6.42 Å². The van der Waals surface area contributed by atoms with Crippen LogP contribution < -0.4 is 0 Å². The monoisotopic (exact) mass is 298 g/mol. The number of carboxylic acid groups (broad SMARTS) is 1. The summed E-state index contributed by atoms with van der Waals surface area (Å²) in [6, 6.07) is -0.970. The second-order valence-corrected chi connectivity index (χ2v) is 6.90. The maximum absolute atomic E-state index is 12.7. The van der Waals surface area contributed by atoms with Crippen molar-refractivity contribution in [2.75, 3.05) is 19.6 Å². The molecule has 6 heteroatoms. The van der Waals surface area contributed by atoms with Crippen molar-refractivity contribution in [1.29, 1.82) is 0 Å². The Bertz CT molecular complexity index is 418. The van der Waals surface area contributed by atoms with Gasteiger partial charge < -0.3 is 20.0 Å². The molecule has 1 saturated heterocycles. The molecule has 1 heterocycles. The second kappa shape index (κ2) is 5.83. The van der Waals surface area contributed by atoms with Crippen molar-refractivity contribution in [2.45, 2.75) is 51.7 Å². The van der Waals surface area contributed by atoms with E-state index in [1.165, 1.54) is 9.80 Å². The highest BCUT2D eigenvalue weighted by Crippen LogP contribution is 2.42. The Kier molecular flexibility index (Phi) is 4.46. The Morgan fingerprint density at radius 2 is 2.00 bits per heavy atom. The van der Waals surface area contributed by atoms with Gasteiger partial charge in [-0.15, -0.1) is 0 Å². The molecule has 2 N–H and O–H groups in total. The van der Waals surface area contributed by atoms with Crippen LogP contribution in [0.3, 0.4) is 0 Å². The minimum absolute atomic E-state index is 0.0901. The topological polar surface area (TPSA) is 81.1 Å². The van der Waals surface area contributed by atoms with E-state index in [0.717, 1.165) is 19.3 Å². The third-order valence-corrected chi connectivity index (χ3v) is 4.62. The van der Waals surface area contributed by atoms with Crippen LogP contribution in [0.25, 0.3) is 0 Å². The molecular weight excluding hydrogens is 272 g/mol. The Morgan fingerprint density at radius 3 is 2.52 bits per heavy atom. The average Bonchev–Trinajstić information content (AvgIpc) is 2.92. The number of rotatable bonds is 4. The highest BCUT2D eigenvalue weighted by atomic mass is 16.4. The number of aliphatic carboxylic acids is 1. The molecule has 1 saturated carbocycles. The first-order valence-electron chi connectivity index (χ1n) is 7.75. The number of nitrogens with zero attached hydrogens (tertiary/aromatic N) is 2. The van der Waals surface area contributed by atoms with Gasteiger partial charge in [0.25, 0.3) is 0 Å². The number of carbonyl (C=O) groups is 2. The number of fused-ring (bicyclic) bond motifs is 1. The zero-order chi connectivity index (χ0) is 15.8. The van der Waals surface area contributed by atoms with E-state index in [2.05, 4.69) is 0 Å². The standard InChI is InChI=1S/C15H26N2O4/c1-4-16(9-15(2,3)21)14(20)17-8-10-6-5-7-11(10)12(17)13(18)19/h10-12,21H,4-9H2,1-3H3,(H,18,19). The van der Waals surface area contributed by atoms with E-state index >= 15 is 0 Å². The number of hydrogen-bond acceptors (Lipinski definition) is 3. The van der Waals surface area contributed by atoms with Crippen molar-refractivity contribution in [2.24, 2.45) is 11.8 Å². The summed E-state index contributed by atoms with van der Waals surface area (Å²) in [7, 11) is 0. The van der Waals surface area contributed by atoms with E-state index in [0.29, 0.717) is 19.0 Å². The van der Waals surface area contributed by atoms with Crippen LogP contribution in [0.5, 0.6) is 0 Å². The first-order chi connectivity index (χ1) is 9.74. The van der Waals surface area contributed by atoms with Gasteiger partial charge in [0.1, 0.15) is 6.04 Å². The van der Waals surface area contributed by atoms with Gasteiger partial charge in [0, 0.05) is 13.1 Å². The summed E-state index contributed by atoms with van der Waals surface area (Å²) in [6.45, 7) is 6.34. The molecule has 2 amide bonds. The zero-order valence-corrected chi connectivity index (χ0v) is 13.1. The lowest BCUT2D eigenvalue weighted by atomic mass is 9.94. The van der Waals surface area contributed by atoms with E-state index in [1.54, 1.807) is 13.8 Å². The summed E-state index contributed by atoms with van der Waals surface area (Å²) in [4.78, 5) is 27.3. The summed E-state index contributed by atoms with van der Waals surface area (Å²) < 4.78 is 0. The second-order valence-electron chi connectivity index (χ2n) is 6.90. The number of amides is 2.